The van der Waals surface area contributed by atoms with Gasteiger partial charge in [0.25, 0.3) is 0 Å². The summed E-state index contributed by atoms with van der Waals surface area (Å²) in [6.45, 7) is 1.31. The molecule has 3 nitrogen and oxygen atoms in total. The third kappa shape index (κ3) is 2.48. The van der Waals surface area contributed by atoms with Crippen molar-refractivity contribution < 1.29 is 5.11 Å². The van der Waals surface area contributed by atoms with Crippen LogP contribution in [-0.2, 0) is 6.54 Å². The van der Waals surface area contributed by atoms with Crippen molar-refractivity contribution in [2.24, 2.45) is 5.73 Å². The van der Waals surface area contributed by atoms with Crippen LogP contribution in [0.25, 0.3) is 0 Å². The predicted molar refractivity (Wildman–Crippen MR) is 66.8 cm³/mol. The van der Waals surface area contributed by atoms with Gasteiger partial charge in [0.2, 0.25) is 0 Å². The van der Waals surface area contributed by atoms with E-state index in [9.17, 15) is 0 Å². The molecule has 0 radical (unpaired) electrons. The van der Waals surface area contributed by atoms with Gasteiger partial charge in [0.1, 0.15) is 0 Å². The number of anilines is 1. The largest absolute Gasteiger partial charge is 0.395 e. The van der Waals surface area contributed by atoms with Crippen LogP contribution in [0.2, 0.25) is 5.02 Å². The van der Waals surface area contributed by atoms with Crippen LogP contribution in [0, 0.1) is 0 Å². The molecule has 0 bridgehead atoms. The lowest BCUT2D eigenvalue weighted by atomic mass is 10.2. The van der Waals surface area contributed by atoms with Crippen molar-refractivity contribution in [3.63, 3.8) is 0 Å². The van der Waals surface area contributed by atoms with Gasteiger partial charge in [-0.2, -0.15) is 0 Å². The fraction of sp³-hybridized carbons (Fsp3) is 0.500. The molecule has 0 heterocycles. The van der Waals surface area contributed by atoms with E-state index >= 15 is 0 Å². The molecule has 16 heavy (non-hydrogen) atoms. The summed E-state index contributed by atoms with van der Waals surface area (Å²) in [6.07, 6.45) is 2.38. The Morgan fingerprint density at radius 3 is 2.69 bits per heavy atom. The van der Waals surface area contributed by atoms with Crippen molar-refractivity contribution >= 4 is 17.3 Å². The molecule has 0 unspecified atom stereocenters. The second kappa shape index (κ2) is 5.04. The normalized spacial score (nSPS) is 15.2. The number of aliphatic hydroxyl groups excluding tert-OH is 1. The fourth-order valence-electron chi connectivity index (χ4n) is 1.90. The van der Waals surface area contributed by atoms with Gasteiger partial charge < -0.3 is 15.7 Å². The van der Waals surface area contributed by atoms with E-state index in [2.05, 4.69) is 4.90 Å². The zero-order valence-corrected chi connectivity index (χ0v) is 9.95. The van der Waals surface area contributed by atoms with Crippen LogP contribution in [0.15, 0.2) is 18.2 Å². The average Bonchev–Trinajstić information content (AvgIpc) is 3.10. The molecule has 0 aromatic heterocycles. The lowest BCUT2D eigenvalue weighted by Gasteiger charge is -2.25. The molecule has 1 aliphatic carbocycles. The Kier molecular flexibility index (Phi) is 3.69. The highest BCUT2D eigenvalue weighted by Crippen LogP contribution is 2.35. The molecule has 0 spiro atoms. The van der Waals surface area contributed by atoms with Gasteiger partial charge >= 0.3 is 0 Å². The molecule has 4 heteroatoms. The quantitative estimate of drug-likeness (QED) is 0.825. The maximum atomic E-state index is 9.06. The number of aliphatic hydroxyl groups is 1. The number of hydrogen-bond donors (Lipinski definition) is 2. The van der Waals surface area contributed by atoms with Crippen LogP contribution >= 0.6 is 11.6 Å². The molecular weight excluding hydrogens is 224 g/mol. The first-order valence-corrected chi connectivity index (χ1v) is 6.00. The minimum atomic E-state index is 0.158. The molecule has 1 aromatic rings. The van der Waals surface area contributed by atoms with Crippen LogP contribution in [0.5, 0.6) is 0 Å². The van der Waals surface area contributed by atoms with Gasteiger partial charge in [-0.15, -0.1) is 0 Å². The summed E-state index contributed by atoms with van der Waals surface area (Å²) in [4.78, 5) is 2.18. The van der Waals surface area contributed by atoms with Crippen LogP contribution < -0.4 is 10.6 Å². The summed E-state index contributed by atoms with van der Waals surface area (Å²) in [5, 5.41) is 9.79. The molecule has 0 aliphatic heterocycles. The molecule has 1 fully saturated rings. The van der Waals surface area contributed by atoms with Gasteiger partial charge in [-0.1, -0.05) is 17.7 Å². The summed E-state index contributed by atoms with van der Waals surface area (Å²) in [5.74, 6) is 0. The first-order chi connectivity index (χ1) is 7.76. The van der Waals surface area contributed by atoms with Gasteiger partial charge in [0.15, 0.2) is 0 Å². The molecule has 88 valence electrons. The Hall–Kier alpha value is -0.770. The predicted octanol–water partition coefficient (Wildman–Crippen LogP) is 1.76. The molecule has 1 aromatic carbocycles. The average molecular weight is 241 g/mol. The maximum Gasteiger partial charge on any atom is 0.0642 e. The summed E-state index contributed by atoms with van der Waals surface area (Å²) >= 11 is 6.23. The van der Waals surface area contributed by atoms with Crippen molar-refractivity contribution in [1.29, 1.82) is 0 Å². The third-order valence-electron chi connectivity index (χ3n) is 2.89. The lowest BCUT2D eigenvalue weighted by Crippen LogP contribution is -2.29. The number of nitrogens with zero attached hydrogens (tertiary/aromatic N) is 1. The van der Waals surface area contributed by atoms with Crippen molar-refractivity contribution in [2.75, 3.05) is 18.1 Å². The fourth-order valence-corrected chi connectivity index (χ4v) is 2.22. The van der Waals surface area contributed by atoms with E-state index in [0.717, 1.165) is 16.3 Å². The summed E-state index contributed by atoms with van der Waals surface area (Å²) in [5.41, 5.74) is 7.61. The highest BCUT2D eigenvalue weighted by molar-refractivity contribution is 6.33. The standard InChI is InChI=1S/C12H17ClN2O/c13-11-7-9(8-14)1-4-12(11)15(5-6-16)10-2-3-10/h1,4,7,10,16H,2-3,5-6,8,14H2. The van der Waals surface area contributed by atoms with Crippen LogP contribution in [0.3, 0.4) is 0 Å². The van der Waals surface area contributed by atoms with E-state index < -0.39 is 0 Å². The van der Waals surface area contributed by atoms with Crippen LogP contribution in [0.1, 0.15) is 18.4 Å². The van der Waals surface area contributed by atoms with Crippen molar-refractivity contribution in [1.82, 2.24) is 0 Å². The van der Waals surface area contributed by atoms with E-state index in [1.165, 1.54) is 12.8 Å². The number of halogens is 1. The van der Waals surface area contributed by atoms with E-state index in [-0.39, 0.29) is 6.61 Å². The van der Waals surface area contributed by atoms with Gasteiger partial charge in [-0.25, -0.2) is 0 Å². The third-order valence-corrected chi connectivity index (χ3v) is 3.19. The van der Waals surface area contributed by atoms with Crippen molar-refractivity contribution in [3.8, 4) is 0 Å². The Morgan fingerprint density at radius 1 is 1.44 bits per heavy atom. The van der Waals surface area contributed by atoms with E-state index in [1.807, 2.05) is 18.2 Å². The summed E-state index contributed by atoms with van der Waals surface area (Å²) < 4.78 is 0. The molecule has 1 aliphatic rings. The Balaban J connectivity index is 2.22. The molecule has 2 rings (SSSR count). The molecule has 3 N–H and O–H groups in total. The topological polar surface area (TPSA) is 49.5 Å². The highest BCUT2D eigenvalue weighted by atomic mass is 35.5. The number of benzene rings is 1. The lowest BCUT2D eigenvalue weighted by molar-refractivity contribution is 0.301. The molecular formula is C12H17ClN2O. The summed E-state index contributed by atoms with van der Waals surface area (Å²) in [6, 6.07) is 6.45. The monoisotopic (exact) mass is 240 g/mol. The Labute approximate surface area is 101 Å². The number of nitrogens with two attached hydrogens (primary N) is 1. The zero-order valence-electron chi connectivity index (χ0n) is 9.19. The minimum absolute atomic E-state index is 0.158. The maximum absolute atomic E-state index is 9.06. The summed E-state index contributed by atoms with van der Waals surface area (Å²) in [7, 11) is 0. The Morgan fingerprint density at radius 2 is 2.19 bits per heavy atom. The van der Waals surface area contributed by atoms with Gasteiger partial charge in [0.05, 0.1) is 17.3 Å². The molecule has 1 saturated carbocycles. The molecule has 0 atom stereocenters. The first kappa shape index (κ1) is 11.7. The molecule has 0 amide bonds. The van der Waals surface area contributed by atoms with Crippen molar-refractivity contribution in [2.45, 2.75) is 25.4 Å². The smallest absolute Gasteiger partial charge is 0.0642 e. The minimum Gasteiger partial charge on any atom is -0.395 e. The van der Waals surface area contributed by atoms with Crippen LogP contribution in [0.4, 0.5) is 5.69 Å². The van der Waals surface area contributed by atoms with Crippen molar-refractivity contribution in [3.05, 3.63) is 28.8 Å². The van der Waals surface area contributed by atoms with E-state index in [1.54, 1.807) is 0 Å². The second-order valence-electron chi connectivity index (χ2n) is 4.14. The first-order valence-electron chi connectivity index (χ1n) is 5.62. The van der Waals surface area contributed by atoms with E-state index in [0.29, 0.717) is 19.1 Å². The van der Waals surface area contributed by atoms with Crippen LogP contribution in [-0.4, -0.2) is 24.3 Å². The highest BCUT2D eigenvalue weighted by Gasteiger charge is 2.29. The van der Waals surface area contributed by atoms with Gasteiger partial charge in [-0.3, -0.25) is 0 Å². The zero-order chi connectivity index (χ0) is 11.5. The van der Waals surface area contributed by atoms with E-state index in [4.69, 9.17) is 22.4 Å². The number of rotatable bonds is 5. The van der Waals surface area contributed by atoms with Gasteiger partial charge in [0, 0.05) is 19.1 Å². The number of hydrogen-bond acceptors (Lipinski definition) is 3. The SMILES string of the molecule is NCc1ccc(N(CCO)C2CC2)c(Cl)c1. The molecule has 0 saturated heterocycles. The second-order valence-corrected chi connectivity index (χ2v) is 4.55. The Bertz CT molecular complexity index is 366. The van der Waals surface area contributed by atoms with Gasteiger partial charge in [-0.05, 0) is 30.5 Å².